The molecule has 1 fully saturated rings. The fraction of sp³-hybridized carbons (Fsp3) is 0.571. The molecule has 1 aliphatic heterocycles. The molecule has 0 spiro atoms. The second kappa shape index (κ2) is 7.23. The molecule has 3 rings (SSSR count). The van der Waals surface area contributed by atoms with Gasteiger partial charge in [-0.15, -0.1) is 0 Å². The van der Waals surface area contributed by atoms with Crippen LogP contribution in [0, 0.1) is 0 Å². The van der Waals surface area contributed by atoms with Crippen LogP contribution in [0.4, 0.5) is 5.95 Å². The van der Waals surface area contributed by atoms with E-state index >= 15 is 0 Å². The van der Waals surface area contributed by atoms with E-state index in [0.717, 1.165) is 39.3 Å². The summed E-state index contributed by atoms with van der Waals surface area (Å²) in [5, 5.41) is 4.12. The van der Waals surface area contributed by atoms with Gasteiger partial charge in [-0.3, -0.25) is 9.58 Å². The number of methoxy groups -OCH3 is 2. The molecule has 2 aromatic heterocycles. The van der Waals surface area contributed by atoms with E-state index in [1.807, 2.05) is 4.68 Å². The molecule has 0 bridgehead atoms. The Balaban J connectivity index is 1.56. The van der Waals surface area contributed by atoms with Crippen LogP contribution in [0.2, 0.25) is 0 Å². The highest BCUT2D eigenvalue weighted by molar-refractivity contribution is 5.37. The van der Waals surface area contributed by atoms with Gasteiger partial charge < -0.3 is 14.4 Å². The molecular weight excluding hydrogens is 298 g/mol. The molecule has 9 heteroatoms. The molecule has 0 amide bonds. The monoisotopic (exact) mass is 319 g/mol. The lowest BCUT2D eigenvalue weighted by atomic mass is 10.3. The maximum atomic E-state index is 5.21. The van der Waals surface area contributed by atoms with Crippen molar-refractivity contribution >= 4 is 5.95 Å². The van der Waals surface area contributed by atoms with Crippen molar-refractivity contribution in [2.24, 2.45) is 0 Å². The van der Waals surface area contributed by atoms with Crippen molar-refractivity contribution in [3.63, 3.8) is 0 Å². The zero-order valence-electron chi connectivity index (χ0n) is 13.4. The topological polar surface area (TPSA) is 81.4 Å². The van der Waals surface area contributed by atoms with Gasteiger partial charge >= 0.3 is 0 Å². The van der Waals surface area contributed by atoms with Gasteiger partial charge in [0.05, 0.1) is 26.8 Å². The molecular formula is C14H21N7O2. The number of hydrogen-bond acceptors (Lipinski definition) is 8. The second-order valence-electron chi connectivity index (χ2n) is 5.24. The van der Waals surface area contributed by atoms with Crippen LogP contribution in [-0.2, 0) is 6.54 Å². The SMILES string of the molecule is COc1cc(OC)nc(N2CCN(CCn3cncn3)CC2)n1. The minimum atomic E-state index is 0.514. The summed E-state index contributed by atoms with van der Waals surface area (Å²) in [4.78, 5) is 17.3. The molecule has 2 aromatic rings. The fourth-order valence-corrected chi connectivity index (χ4v) is 2.51. The summed E-state index contributed by atoms with van der Waals surface area (Å²) < 4.78 is 12.3. The van der Waals surface area contributed by atoms with Gasteiger partial charge in [-0.2, -0.15) is 15.1 Å². The Kier molecular flexibility index (Phi) is 4.86. The average molecular weight is 319 g/mol. The van der Waals surface area contributed by atoms with Crippen molar-refractivity contribution in [2.45, 2.75) is 6.54 Å². The van der Waals surface area contributed by atoms with Gasteiger partial charge in [0.15, 0.2) is 0 Å². The lowest BCUT2D eigenvalue weighted by Crippen LogP contribution is -2.47. The summed E-state index contributed by atoms with van der Waals surface area (Å²) in [5.41, 5.74) is 0. The smallest absolute Gasteiger partial charge is 0.232 e. The van der Waals surface area contributed by atoms with E-state index in [4.69, 9.17) is 9.47 Å². The maximum Gasteiger partial charge on any atom is 0.232 e. The summed E-state index contributed by atoms with van der Waals surface area (Å²) in [6.45, 7) is 5.46. The number of aromatic nitrogens is 5. The molecule has 23 heavy (non-hydrogen) atoms. The Morgan fingerprint density at radius 1 is 1.00 bits per heavy atom. The molecule has 0 radical (unpaired) electrons. The van der Waals surface area contributed by atoms with Crippen molar-refractivity contribution in [1.29, 1.82) is 0 Å². The Hall–Kier alpha value is -2.42. The van der Waals surface area contributed by atoms with Crippen LogP contribution in [0.25, 0.3) is 0 Å². The van der Waals surface area contributed by atoms with Crippen LogP contribution >= 0.6 is 0 Å². The summed E-state index contributed by atoms with van der Waals surface area (Å²) in [6, 6.07) is 1.68. The summed E-state index contributed by atoms with van der Waals surface area (Å²) in [7, 11) is 3.18. The van der Waals surface area contributed by atoms with Crippen molar-refractivity contribution in [3.05, 3.63) is 18.7 Å². The number of anilines is 1. The Morgan fingerprint density at radius 2 is 1.70 bits per heavy atom. The van der Waals surface area contributed by atoms with Crippen LogP contribution in [0.15, 0.2) is 18.7 Å². The van der Waals surface area contributed by atoms with Crippen molar-refractivity contribution < 1.29 is 9.47 Å². The highest BCUT2D eigenvalue weighted by Gasteiger charge is 2.20. The summed E-state index contributed by atoms with van der Waals surface area (Å²) in [5.74, 6) is 1.68. The van der Waals surface area contributed by atoms with Crippen LogP contribution in [0.1, 0.15) is 0 Å². The zero-order chi connectivity index (χ0) is 16.1. The standard InChI is InChI=1S/C14H21N7O2/c1-22-12-9-13(23-2)18-14(17-12)20-6-3-19(4-7-20)5-8-21-11-15-10-16-21/h9-11H,3-8H2,1-2H3. The minimum Gasteiger partial charge on any atom is -0.481 e. The van der Waals surface area contributed by atoms with Gasteiger partial charge in [0.25, 0.3) is 0 Å². The molecule has 0 aliphatic carbocycles. The van der Waals surface area contributed by atoms with Gasteiger partial charge in [-0.25, -0.2) is 4.98 Å². The van der Waals surface area contributed by atoms with Gasteiger partial charge in [0.1, 0.15) is 12.7 Å². The van der Waals surface area contributed by atoms with Crippen LogP contribution in [0.5, 0.6) is 11.8 Å². The predicted octanol–water partition coefficient (Wildman–Crippen LogP) is -0.0925. The third-order valence-electron chi connectivity index (χ3n) is 3.85. The first-order chi connectivity index (χ1) is 11.3. The first-order valence-corrected chi connectivity index (χ1v) is 7.55. The largest absolute Gasteiger partial charge is 0.481 e. The highest BCUT2D eigenvalue weighted by Crippen LogP contribution is 2.20. The van der Waals surface area contributed by atoms with Crippen molar-refractivity contribution in [2.75, 3.05) is 51.8 Å². The van der Waals surface area contributed by atoms with Gasteiger partial charge in [-0.1, -0.05) is 0 Å². The normalized spacial score (nSPS) is 15.7. The second-order valence-corrected chi connectivity index (χ2v) is 5.24. The van der Waals surface area contributed by atoms with Crippen LogP contribution in [-0.4, -0.2) is 76.6 Å². The number of rotatable bonds is 6. The number of nitrogens with zero attached hydrogens (tertiary/aromatic N) is 7. The van der Waals surface area contributed by atoms with Crippen molar-refractivity contribution in [1.82, 2.24) is 29.6 Å². The fourth-order valence-electron chi connectivity index (χ4n) is 2.51. The molecule has 0 atom stereocenters. The zero-order valence-corrected chi connectivity index (χ0v) is 13.4. The van der Waals surface area contributed by atoms with Crippen molar-refractivity contribution in [3.8, 4) is 11.8 Å². The predicted molar refractivity (Wildman–Crippen MR) is 83.8 cm³/mol. The van der Waals surface area contributed by atoms with Gasteiger partial charge in [-0.05, 0) is 0 Å². The quantitative estimate of drug-likeness (QED) is 0.730. The third kappa shape index (κ3) is 3.86. The minimum absolute atomic E-state index is 0.514. The van der Waals surface area contributed by atoms with Gasteiger partial charge in [0.2, 0.25) is 17.7 Å². The van der Waals surface area contributed by atoms with Crippen LogP contribution in [0.3, 0.4) is 0 Å². The van der Waals surface area contributed by atoms with Gasteiger partial charge in [0, 0.05) is 32.7 Å². The molecule has 0 aromatic carbocycles. The molecule has 1 aliphatic rings. The summed E-state index contributed by atoms with van der Waals surface area (Å²) in [6.07, 6.45) is 3.30. The molecule has 0 N–H and O–H groups in total. The third-order valence-corrected chi connectivity index (χ3v) is 3.85. The number of piperazine rings is 1. The van der Waals surface area contributed by atoms with E-state index in [9.17, 15) is 0 Å². The average Bonchev–Trinajstić information content (AvgIpc) is 3.13. The maximum absolute atomic E-state index is 5.21. The van der Waals surface area contributed by atoms with E-state index in [1.165, 1.54) is 0 Å². The molecule has 9 nitrogen and oxygen atoms in total. The van der Waals surface area contributed by atoms with Crippen LogP contribution < -0.4 is 14.4 Å². The lowest BCUT2D eigenvalue weighted by Gasteiger charge is -2.34. The first-order valence-electron chi connectivity index (χ1n) is 7.55. The van der Waals surface area contributed by atoms with E-state index in [1.54, 1.807) is 32.9 Å². The first kappa shape index (κ1) is 15.5. The molecule has 3 heterocycles. The molecule has 1 saturated heterocycles. The molecule has 124 valence electrons. The Labute approximate surface area is 134 Å². The van der Waals surface area contributed by atoms with E-state index in [0.29, 0.717) is 17.7 Å². The lowest BCUT2D eigenvalue weighted by molar-refractivity contribution is 0.243. The Bertz CT molecular complexity index is 589. The van der Waals surface area contributed by atoms with E-state index in [2.05, 4.69) is 29.9 Å². The Morgan fingerprint density at radius 3 is 2.26 bits per heavy atom. The summed E-state index contributed by atoms with van der Waals surface area (Å²) >= 11 is 0. The molecule has 0 unspecified atom stereocenters. The van der Waals surface area contributed by atoms with E-state index < -0.39 is 0 Å². The molecule has 0 saturated carbocycles. The highest BCUT2D eigenvalue weighted by atomic mass is 16.5. The number of ether oxygens (including phenoxy) is 2. The number of hydrogen-bond donors (Lipinski definition) is 0. The van der Waals surface area contributed by atoms with E-state index in [-0.39, 0.29) is 0 Å².